The summed E-state index contributed by atoms with van der Waals surface area (Å²) in [5.74, 6) is -0.515. The Hall–Kier alpha value is -1.81. The molecule has 1 aromatic carbocycles. The van der Waals surface area contributed by atoms with Crippen LogP contribution in [0.4, 0.5) is 4.39 Å². The minimum absolute atomic E-state index is 0.0779. The van der Waals surface area contributed by atoms with E-state index in [9.17, 15) is 9.18 Å². The van der Waals surface area contributed by atoms with Crippen molar-refractivity contribution in [3.05, 3.63) is 58.8 Å². The molecule has 1 aliphatic carbocycles. The Morgan fingerprint density at radius 2 is 2.10 bits per heavy atom. The van der Waals surface area contributed by atoms with Gasteiger partial charge in [0.2, 0.25) is 5.22 Å². The van der Waals surface area contributed by atoms with Gasteiger partial charge in [0.25, 0.3) is 5.91 Å². The molecule has 0 unspecified atom stereocenters. The number of halogens is 2. The van der Waals surface area contributed by atoms with Gasteiger partial charge in [0, 0.05) is 18.2 Å². The maximum atomic E-state index is 13.7. The maximum absolute atomic E-state index is 13.7. The van der Waals surface area contributed by atoms with Crippen LogP contribution in [0.2, 0.25) is 5.22 Å². The zero-order valence-corrected chi connectivity index (χ0v) is 11.4. The van der Waals surface area contributed by atoms with Crippen LogP contribution in [-0.4, -0.2) is 16.8 Å². The molecule has 0 atom stereocenters. The number of carbonyl (C=O) groups excluding carboxylic acids is 1. The third kappa shape index (κ3) is 2.56. The van der Waals surface area contributed by atoms with Crippen LogP contribution in [0.25, 0.3) is 0 Å². The largest absolute Gasteiger partial charge is 0.452 e. The second kappa shape index (κ2) is 5.29. The fourth-order valence-electron chi connectivity index (χ4n) is 2.16. The molecule has 3 rings (SSSR count). The van der Waals surface area contributed by atoms with Gasteiger partial charge in [-0.2, -0.15) is 0 Å². The molecule has 5 heteroatoms. The van der Waals surface area contributed by atoms with Crippen molar-refractivity contribution in [1.29, 1.82) is 0 Å². The van der Waals surface area contributed by atoms with Crippen LogP contribution in [0, 0.1) is 5.82 Å². The Bertz CT molecular complexity index is 636. The summed E-state index contributed by atoms with van der Waals surface area (Å²) in [5, 5.41) is 0.0779. The van der Waals surface area contributed by atoms with Crippen LogP contribution in [0.1, 0.15) is 28.8 Å². The number of hydrogen-bond acceptors (Lipinski definition) is 2. The van der Waals surface area contributed by atoms with Crippen LogP contribution in [0.15, 0.2) is 41.0 Å². The average Bonchev–Trinajstić information content (AvgIpc) is 3.19. The lowest BCUT2D eigenvalue weighted by molar-refractivity contribution is 0.0728. The van der Waals surface area contributed by atoms with Crippen LogP contribution in [-0.2, 0) is 6.54 Å². The quantitative estimate of drug-likeness (QED) is 0.857. The van der Waals surface area contributed by atoms with E-state index in [4.69, 9.17) is 16.0 Å². The number of benzene rings is 1. The van der Waals surface area contributed by atoms with Crippen molar-refractivity contribution in [2.24, 2.45) is 0 Å². The Morgan fingerprint density at radius 3 is 2.70 bits per heavy atom. The van der Waals surface area contributed by atoms with Gasteiger partial charge in [-0.15, -0.1) is 0 Å². The van der Waals surface area contributed by atoms with E-state index in [1.54, 1.807) is 29.2 Å². The number of amides is 1. The van der Waals surface area contributed by atoms with Gasteiger partial charge in [-0.3, -0.25) is 4.79 Å². The van der Waals surface area contributed by atoms with Crippen molar-refractivity contribution in [3.8, 4) is 0 Å². The smallest absolute Gasteiger partial charge is 0.259 e. The molecular formula is C15H13ClFNO2. The fraction of sp³-hybridized carbons (Fsp3) is 0.267. The first-order valence-corrected chi connectivity index (χ1v) is 6.82. The molecule has 0 aliphatic heterocycles. The molecule has 0 bridgehead atoms. The summed E-state index contributed by atoms with van der Waals surface area (Å²) < 4.78 is 18.7. The summed E-state index contributed by atoms with van der Waals surface area (Å²) in [6.07, 6.45) is 3.26. The molecule has 2 aromatic rings. The van der Waals surface area contributed by atoms with Gasteiger partial charge in [0.15, 0.2) is 0 Å². The minimum Gasteiger partial charge on any atom is -0.452 e. The highest BCUT2D eigenvalue weighted by Crippen LogP contribution is 2.31. The molecule has 1 heterocycles. The van der Waals surface area contributed by atoms with Gasteiger partial charge in [0.1, 0.15) is 5.82 Å². The van der Waals surface area contributed by atoms with E-state index in [0.29, 0.717) is 11.1 Å². The van der Waals surface area contributed by atoms with Crippen molar-refractivity contribution in [3.63, 3.8) is 0 Å². The van der Waals surface area contributed by atoms with Crippen molar-refractivity contribution in [1.82, 2.24) is 4.90 Å². The van der Waals surface area contributed by atoms with Crippen molar-refractivity contribution < 1.29 is 13.6 Å². The zero-order chi connectivity index (χ0) is 14.1. The second-order valence-corrected chi connectivity index (χ2v) is 5.21. The second-order valence-electron chi connectivity index (χ2n) is 4.86. The van der Waals surface area contributed by atoms with Crippen LogP contribution in [0.5, 0.6) is 0 Å². The summed E-state index contributed by atoms with van der Waals surface area (Å²) in [6.45, 7) is 0.248. The molecule has 1 fully saturated rings. The molecule has 0 radical (unpaired) electrons. The Labute approximate surface area is 120 Å². The number of carbonyl (C=O) groups is 1. The van der Waals surface area contributed by atoms with Gasteiger partial charge in [-0.25, -0.2) is 4.39 Å². The third-order valence-corrected chi connectivity index (χ3v) is 3.69. The molecule has 1 saturated carbocycles. The van der Waals surface area contributed by atoms with E-state index in [1.807, 2.05) is 0 Å². The molecule has 20 heavy (non-hydrogen) atoms. The van der Waals surface area contributed by atoms with Crippen molar-refractivity contribution in [2.75, 3.05) is 0 Å². The fourth-order valence-corrected chi connectivity index (χ4v) is 2.36. The summed E-state index contributed by atoms with van der Waals surface area (Å²) in [5.41, 5.74) is 0.835. The Kier molecular flexibility index (Phi) is 3.49. The lowest BCUT2D eigenvalue weighted by Crippen LogP contribution is -2.32. The first-order chi connectivity index (χ1) is 9.66. The SMILES string of the molecule is O=C(c1ccoc1Cl)N(Cc1ccccc1F)C1CC1. The summed E-state index contributed by atoms with van der Waals surface area (Å²) in [4.78, 5) is 14.1. The summed E-state index contributed by atoms with van der Waals surface area (Å²) in [6, 6.07) is 8.19. The minimum atomic E-state index is -0.302. The summed E-state index contributed by atoms with van der Waals surface area (Å²) in [7, 11) is 0. The topological polar surface area (TPSA) is 33.5 Å². The molecular weight excluding hydrogens is 281 g/mol. The van der Waals surface area contributed by atoms with E-state index >= 15 is 0 Å². The maximum Gasteiger partial charge on any atom is 0.259 e. The van der Waals surface area contributed by atoms with Gasteiger partial charge < -0.3 is 9.32 Å². The monoisotopic (exact) mass is 293 g/mol. The van der Waals surface area contributed by atoms with E-state index in [2.05, 4.69) is 0 Å². The highest BCUT2D eigenvalue weighted by Gasteiger charge is 2.34. The molecule has 1 aliphatic rings. The van der Waals surface area contributed by atoms with Gasteiger partial charge >= 0.3 is 0 Å². The van der Waals surface area contributed by atoms with E-state index < -0.39 is 0 Å². The van der Waals surface area contributed by atoms with Gasteiger partial charge in [-0.1, -0.05) is 18.2 Å². The molecule has 1 aromatic heterocycles. The third-order valence-electron chi connectivity index (χ3n) is 3.40. The van der Waals surface area contributed by atoms with Crippen LogP contribution in [0.3, 0.4) is 0 Å². The van der Waals surface area contributed by atoms with Gasteiger partial charge in [0.05, 0.1) is 11.8 Å². The Balaban J connectivity index is 1.85. The number of furan rings is 1. The van der Waals surface area contributed by atoms with E-state index in [1.165, 1.54) is 12.3 Å². The molecule has 3 nitrogen and oxygen atoms in total. The van der Waals surface area contributed by atoms with E-state index in [0.717, 1.165) is 12.8 Å². The zero-order valence-electron chi connectivity index (χ0n) is 10.7. The lowest BCUT2D eigenvalue weighted by atomic mass is 10.2. The van der Waals surface area contributed by atoms with E-state index in [-0.39, 0.29) is 29.5 Å². The lowest BCUT2D eigenvalue weighted by Gasteiger charge is -2.22. The number of hydrogen-bond donors (Lipinski definition) is 0. The number of nitrogens with zero attached hydrogens (tertiary/aromatic N) is 1. The molecule has 104 valence electrons. The highest BCUT2D eigenvalue weighted by atomic mass is 35.5. The molecule has 0 spiro atoms. The first-order valence-electron chi connectivity index (χ1n) is 6.44. The molecule has 1 amide bonds. The van der Waals surface area contributed by atoms with Crippen molar-refractivity contribution >= 4 is 17.5 Å². The predicted molar refractivity (Wildman–Crippen MR) is 73.0 cm³/mol. The van der Waals surface area contributed by atoms with Crippen molar-refractivity contribution in [2.45, 2.75) is 25.4 Å². The molecule has 0 saturated heterocycles. The van der Waals surface area contributed by atoms with Gasteiger partial charge in [-0.05, 0) is 36.6 Å². The Morgan fingerprint density at radius 1 is 1.35 bits per heavy atom. The first kappa shape index (κ1) is 13.2. The normalized spacial score (nSPS) is 14.3. The van der Waals surface area contributed by atoms with Crippen LogP contribution < -0.4 is 0 Å². The predicted octanol–water partition coefficient (Wildman–Crippen LogP) is 3.88. The average molecular weight is 294 g/mol. The highest BCUT2D eigenvalue weighted by molar-refractivity contribution is 6.32. The molecule has 0 N–H and O–H groups in total. The van der Waals surface area contributed by atoms with Crippen LogP contribution >= 0.6 is 11.6 Å². The number of rotatable bonds is 4. The standard InChI is InChI=1S/C15H13ClFNO2/c16-14-12(7-8-20-14)15(19)18(11-5-6-11)9-10-3-1-2-4-13(10)17/h1-4,7-8,11H,5-6,9H2. The summed E-state index contributed by atoms with van der Waals surface area (Å²) >= 11 is 5.85.